The van der Waals surface area contributed by atoms with Crippen molar-refractivity contribution in [1.29, 1.82) is 0 Å². The van der Waals surface area contributed by atoms with Gasteiger partial charge in [0.2, 0.25) is 0 Å². The molecule has 0 aromatic carbocycles. The Kier molecular flexibility index (Phi) is 9.83. The maximum absolute atomic E-state index is 4.48. The Balaban J connectivity index is 0. The summed E-state index contributed by atoms with van der Waals surface area (Å²) in [4.78, 5) is 0. The van der Waals surface area contributed by atoms with Crippen molar-refractivity contribution >= 4 is 25.3 Å². The molecule has 0 amide bonds. The van der Waals surface area contributed by atoms with E-state index in [4.69, 9.17) is 0 Å². The van der Waals surface area contributed by atoms with Crippen LogP contribution in [0.15, 0.2) is 10.3 Å². The minimum atomic E-state index is 0. The Hall–Kier alpha value is 1.38. The molecule has 0 fully saturated rings. The van der Waals surface area contributed by atoms with Crippen LogP contribution in [-0.2, 0) is 25.3 Å². The summed E-state index contributed by atoms with van der Waals surface area (Å²) < 4.78 is 0. The fraction of sp³-hybridized carbons (Fsp3) is 0. The van der Waals surface area contributed by atoms with E-state index in [0.29, 0.717) is 0 Å². The predicted molar refractivity (Wildman–Crippen MR) is 28.9 cm³/mol. The predicted octanol–water partition coefficient (Wildman–Crippen LogP) is -6.91. The van der Waals surface area contributed by atoms with E-state index in [1.807, 2.05) is 0 Å². The van der Waals surface area contributed by atoms with Gasteiger partial charge in [0.25, 0.3) is 0 Å². The van der Waals surface area contributed by atoms with Gasteiger partial charge < -0.3 is 25.3 Å². The third kappa shape index (κ3) is 5.09. The van der Waals surface area contributed by atoms with Crippen molar-refractivity contribution in [2.45, 2.75) is 10.3 Å². The van der Waals surface area contributed by atoms with Crippen LogP contribution in [0.4, 0.5) is 0 Å². The minimum absolute atomic E-state index is 0. The molecule has 1 rings (SSSR count). The molecule has 1 aromatic rings. The first-order valence-corrected chi connectivity index (χ1v) is 2.52. The zero-order chi connectivity index (χ0) is 5.98. The van der Waals surface area contributed by atoms with Crippen LogP contribution < -0.4 is 59.1 Å². The van der Waals surface area contributed by atoms with Gasteiger partial charge in [-0.15, -0.1) is 0 Å². The van der Waals surface area contributed by atoms with Crippen LogP contribution in [0.1, 0.15) is 0 Å². The molecule has 0 N–H and O–H groups in total. The molecule has 0 saturated heterocycles. The quantitative estimate of drug-likeness (QED) is 0.299. The van der Waals surface area contributed by atoms with E-state index < -0.39 is 0 Å². The number of hydrogen-bond acceptors (Lipinski definition) is 6. The summed E-state index contributed by atoms with van der Waals surface area (Å²) in [6.45, 7) is 0. The summed E-state index contributed by atoms with van der Waals surface area (Å²) in [6, 6.07) is 0. The van der Waals surface area contributed by atoms with E-state index in [-0.39, 0.29) is 69.4 Å². The zero-order valence-electron chi connectivity index (χ0n) is 5.61. The third-order valence-electron chi connectivity index (χ3n) is 0.442. The monoisotopic (exact) mass is 190 g/mol. The maximum Gasteiger partial charge on any atom is 1.00 e. The summed E-state index contributed by atoms with van der Waals surface area (Å²) in [7, 11) is 0. The van der Waals surface area contributed by atoms with Crippen LogP contribution in [0.2, 0.25) is 0 Å². The van der Waals surface area contributed by atoms with Crippen molar-refractivity contribution in [3.05, 3.63) is 0 Å². The molecule has 8 heteroatoms. The molecule has 0 aliphatic rings. The van der Waals surface area contributed by atoms with Crippen LogP contribution in [-0.4, -0.2) is 20.4 Å². The van der Waals surface area contributed by atoms with Crippen LogP contribution in [0.25, 0.3) is 0 Å². The number of aromatic nitrogens is 4. The summed E-state index contributed by atoms with van der Waals surface area (Å²) >= 11 is 8.96. The molecular weight excluding hydrogens is 190 g/mol. The topological polar surface area (TPSA) is 51.6 Å². The SMILES string of the molecule is [Na+].[Na+].[S-]c1nnc([S-])nn1. The second-order valence-corrected chi connectivity index (χ2v) is 1.70. The van der Waals surface area contributed by atoms with E-state index in [2.05, 4.69) is 45.7 Å². The normalized spacial score (nSPS) is 7.20. The van der Waals surface area contributed by atoms with E-state index in [0.717, 1.165) is 0 Å². The first-order valence-electron chi connectivity index (χ1n) is 1.70. The molecule has 0 unspecified atom stereocenters. The maximum atomic E-state index is 4.48. The Morgan fingerprint density at radius 3 is 1.10 bits per heavy atom. The van der Waals surface area contributed by atoms with Gasteiger partial charge in [-0.2, -0.15) is 20.4 Å². The van der Waals surface area contributed by atoms with Gasteiger partial charge in [-0.3, -0.25) is 0 Å². The fourth-order valence-corrected chi connectivity index (χ4v) is 0.374. The smallest absolute Gasteiger partial charge is 0.736 e. The molecule has 10 heavy (non-hydrogen) atoms. The molecule has 1 aromatic heterocycles. The third-order valence-corrected chi connectivity index (χ3v) is 0.769. The standard InChI is InChI=1S/C2H2N4S2.2Na/c7-1-3-5-2(8)6-4-1;;/h(H,3,4,7)(H,5,6,8);;/q;2*+1/p-2. The summed E-state index contributed by atoms with van der Waals surface area (Å²) in [6.07, 6.45) is 0. The Morgan fingerprint density at radius 1 is 0.700 bits per heavy atom. The van der Waals surface area contributed by atoms with Crippen molar-refractivity contribution < 1.29 is 59.1 Å². The number of rotatable bonds is 0. The van der Waals surface area contributed by atoms with Gasteiger partial charge in [-0.1, -0.05) is 0 Å². The molecule has 42 valence electrons. The molecular formula is C2N4Na2S2. The molecule has 4 nitrogen and oxygen atoms in total. The van der Waals surface area contributed by atoms with Gasteiger partial charge in [0.05, 0.1) is 10.3 Å². The summed E-state index contributed by atoms with van der Waals surface area (Å²) in [5.74, 6) is 0. The summed E-state index contributed by atoms with van der Waals surface area (Å²) in [5, 5.41) is 13.7. The second-order valence-electron chi connectivity index (χ2n) is 0.965. The first-order chi connectivity index (χ1) is 3.79. The van der Waals surface area contributed by atoms with Gasteiger partial charge in [0.15, 0.2) is 0 Å². The molecule has 0 aliphatic heterocycles. The van der Waals surface area contributed by atoms with E-state index in [1.54, 1.807) is 0 Å². The average molecular weight is 190 g/mol. The van der Waals surface area contributed by atoms with Gasteiger partial charge in [-0.25, -0.2) is 0 Å². The minimum Gasteiger partial charge on any atom is -0.736 e. The zero-order valence-corrected chi connectivity index (χ0v) is 11.2. The van der Waals surface area contributed by atoms with Gasteiger partial charge in [0, 0.05) is 0 Å². The van der Waals surface area contributed by atoms with Crippen molar-refractivity contribution in [1.82, 2.24) is 20.4 Å². The Morgan fingerprint density at radius 2 is 0.900 bits per heavy atom. The average Bonchev–Trinajstić information content (AvgIpc) is 1.77. The van der Waals surface area contributed by atoms with Crippen molar-refractivity contribution in [3.63, 3.8) is 0 Å². The van der Waals surface area contributed by atoms with Gasteiger partial charge in [0.1, 0.15) is 0 Å². The Bertz CT molecular complexity index is 158. The van der Waals surface area contributed by atoms with E-state index in [1.165, 1.54) is 0 Å². The largest absolute Gasteiger partial charge is 1.00 e. The Labute approximate surface area is 113 Å². The van der Waals surface area contributed by atoms with Crippen molar-refractivity contribution in [2.24, 2.45) is 0 Å². The number of nitrogens with zero attached hydrogens (tertiary/aromatic N) is 4. The number of hydrogen-bond donors (Lipinski definition) is 0. The van der Waals surface area contributed by atoms with Crippen molar-refractivity contribution in [2.75, 3.05) is 0 Å². The summed E-state index contributed by atoms with van der Waals surface area (Å²) in [5.41, 5.74) is 0. The van der Waals surface area contributed by atoms with Crippen LogP contribution >= 0.6 is 0 Å². The van der Waals surface area contributed by atoms with Crippen molar-refractivity contribution in [3.8, 4) is 0 Å². The molecule has 0 radical (unpaired) electrons. The second kappa shape index (κ2) is 7.05. The molecule has 0 saturated carbocycles. The van der Waals surface area contributed by atoms with Crippen LogP contribution in [0.5, 0.6) is 0 Å². The first kappa shape index (κ1) is 13.9. The van der Waals surface area contributed by atoms with Crippen LogP contribution in [0.3, 0.4) is 0 Å². The molecule has 0 spiro atoms. The molecule has 0 aliphatic carbocycles. The molecule has 1 heterocycles. The van der Waals surface area contributed by atoms with Gasteiger partial charge >= 0.3 is 59.1 Å². The van der Waals surface area contributed by atoms with Gasteiger partial charge in [-0.05, 0) is 0 Å². The molecule has 0 bridgehead atoms. The molecule has 0 atom stereocenters. The fourth-order valence-electron chi connectivity index (χ4n) is 0.211. The van der Waals surface area contributed by atoms with E-state index >= 15 is 0 Å². The van der Waals surface area contributed by atoms with E-state index in [9.17, 15) is 0 Å². The van der Waals surface area contributed by atoms with Crippen LogP contribution in [0, 0.1) is 0 Å².